The van der Waals surface area contributed by atoms with E-state index in [0.717, 1.165) is 12.8 Å². The number of aromatic nitrogens is 2. The van der Waals surface area contributed by atoms with E-state index in [9.17, 15) is 8.42 Å². The van der Waals surface area contributed by atoms with Crippen molar-refractivity contribution in [3.05, 3.63) is 11.5 Å². The largest absolute Gasteiger partial charge is 0.396 e. The highest BCUT2D eigenvalue weighted by Crippen LogP contribution is 2.18. The van der Waals surface area contributed by atoms with Crippen LogP contribution in [0.15, 0.2) is 11.2 Å². The zero-order valence-corrected chi connectivity index (χ0v) is 12.8. The molecule has 0 fully saturated rings. The van der Waals surface area contributed by atoms with Gasteiger partial charge in [-0.05, 0) is 24.4 Å². The van der Waals surface area contributed by atoms with Gasteiger partial charge in [0, 0.05) is 32.9 Å². The standard InChI is InChI=1S/C11H20ClN3O3S/c1-3-4-6-15(7-5-8-16)19(17,18)10-9-14(2)11(12)13-10/h9,16H,3-8H2,1-2H3. The predicted octanol–water partition coefficient (Wildman–Crippen LogP) is 1.25. The first-order valence-electron chi connectivity index (χ1n) is 6.23. The molecular weight excluding hydrogens is 290 g/mol. The Kier molecular flexibility index (Phi) is 6.25. The summed E-state index contributed by atoms with van der Waals surface area (Å²) >= 11 is 5.78. The summed E-state index contributed by atoms with van der Waals surface area (Å²) in [5, 5.41) is 8.95. The molecule has 19 heavy (non-hydrogen) atoms. The molecule has 0 aliphatic rings. The van der Waals surface area contributed by atoms with Crippen molar-refractivity contribution >= 4 is 21.6 Å². The van der Waals surface area contributed by atoms with E-state index in [2.05, 4.69) is 4.98 Å². The molecule has 6 nitrogen and oxygen atoms in total. The maximum Gasteiger partial charge on any atom is 0.262 e. The van der Waals surface area contributed by atoms with Gasteiger partial charge in [-0.2, -0.15) is 4.31 Å². The lowest BCUT2D eigenvalue weighted by molar-refractivity contribution is 0.268. The molecule has 1 aromatic rings. The van der Waals surface area contributed by atoms with E-state index in [1.54, 1.807) is 7.05 Å². The van der Waals surface area contributed by atoms with Crippen molar-refractivity contribution in [2.45, 2.75) is 31.2 Å². The molecule has 0 unspecified atom stereocenters. The minimum atomic E-state index is -3.64. The van der Waals surface area contributed by atoms with Crippen LogP contribution in [0.4, 0.5) is 0 Å². The van der Waals surface area contributed by atoms with Gasteiger partial charge in [0.15, 0.2) is 5.03 Å². The summed E-state index contributed by atoms with van der Waals surface area (Å²) in [4.78, 5) is 3.86. The Bertz CT molecular complexity index is 474. The summed E-state index contributed by atoms with van der Waals surface area (Å²) in [6, 6.07) is 0. The number of halogens is 1. The fourth-order valence-electron chi connectivity index (χ4n) is 1.61. The highest BCUT2D eigenvalue weighted by molar-refractivity contribution is 7.89. The molecule has 1 rings (SSSR count). The summed E-state index contributed by atoms with van der Waals surface area (Å²) in [5.41, 5.74) is 0. The van der Waals surface area contributed by atoms with Crippen LogP contribution in [0, 0.1) is 0 Å². The smallest absolute Gasteiger partial charge is 0.262 e. The monoisotopic (exact) mass is 309 g/mol. The normalized spacial score (nSPS) is 12.3. The molecule has 0 saturated carbocycles. The second-order valence-corrected chi connectivity index (χ2v) is 6.52. The molecule has 0 atom stereocenters. The summed E-state index contributed by atoms with van der Waals surface area (Å²) in [7, 11) is -2.00. The molecule has 0 bridgehead atoms. The zero-order valence-electron chi connectivity index (χ0n) is 11.2. The lowest BCUT2D eigenvalue weighted by Crippen LogP contribution is -2.33. The Morgan fingerprint density at radius 1 is 1.42 bits per heavy atom. The summed E-state index contributed by atoms with van der Waals surface area (Å²) in [6.07, 6.45) is 3.47. The number of unbranched alkanes of at least 4 members (excludes halogenated alkanes) is 1. The highest BCUT2D eigenvalue weighted by Gasteiger charge is 2.26. The number of aliphatic hydroxyl groups is 1. The maximum absolute atomic E-state index is 12.4. The third-order valence-electron chi connectivity index (χ3n) is 2.73. The number of nitrogens with zero attached hydrogens (tertiary/aromatic N) is 3. The Hall–Kier alpha value is -0.630. The van der Waals surface area contributed by atoms with Crippen LogP contribution in [0.1, 0.15) is 26.2 Å². The van der Waals surface area contributed by atoms with Gasteiger partial charge in [-0.1, -0.05) is 13.3 Å². The molecule has 1 heterocycles. The number of aliphatic hydroxyl groups excluding tert-OH is 1. The van der Waals surface area contributed by atoms with Crippen molar-refractivity contribution in [1.82, 2.24) is 13.9 Å². The minimum absolute atomic E-state index is 0.0406. The lowest BCUT2D eigenvalue weighted by atomic mass is 10.3. The number of rotatable bonds is 8. The highest BCUT2D eigenvalue weighted by atomic mass is 35.5. The second kappa shape index (κ2) is 7.23. The van der Waals surface area contributed by atoms with E-state index in [4.69, 9.17) is 16.7 Å². The first kappa shape index (κ1) is 16.4. The third-order valence-corrected chi connectivity index (χ3v) is 4.85. The van der Waals surface area contributed by atoms with Crippen molar-refractivity contribution in [2.75, 3.05) is 19.7 Å². The van der Waals surface area contributed by atoms with Gasteiger partial charge < -0.3 is 9.67 Å². The van der Waals surface area contributed by atoms with Crippen LogP contribution >= 0.6 is 11.6 Å². The van der Waals surface area contributed by atoms with Crippen LogP contribution in [0.5, 0.6) is 0 Å². The van der Waals surface area contributed by atoms with Gasteiger partial charge in [-0.15, -0.1) is 0 Å². The average molecular weight is 310 g/mol. The van der Waals surface area contributed by atoms with Crippen molar-refractivity contribution < 1.29 is 13.5 Å². The van der Waals surface area contributed by atoms with Gasteiger partial charge in [0.1, 0.15) is 0 Å². The van der Waals surface area contributed by atoms with Gasteiger partial charge >= 0.3 is 0 Å². The molecular formula is C11H20ClN3O3S. The van der Waals surface area contributed by atoms with Gasteiger partial charge in [-0.25, -0.2) is 13.4 Å². The molecule has 0 aromatic carbocycles. The van der Waals surface area contributed by atoms with Gasteiger partial charge in [0.25, 0.3) is 10.0 Å². The molecule has 1 aromatic heterocycles. The van der Waals surface area contributed by atoms with E-state index in [1.807, 2.05) is 6.92 Å². The molecule has 1 N–H and O–H groups in total. The second-order valence-electron chi connectivity index (χ2n) is 4.29. The first-order chi connectivity index (χ1) is 8.93. The summed E-state index contributed by atoms with van der Waals surface area (Å²) < 4.78 is 27.6. The van der Waals surface area contributed by atoms with Crippen molar-refractivity contribution in [3.63, 3.8) is 0 Å². The Morgan fingerprint density at radius 3 is 2.53 bits per heavy atom. The van der Waals surface area contributed by atoms with Crippen LogP contribution in [-0.4, -0.2) is 47.1 Å². The fraction of sp³-hybridized carbons (Fsp3) is 0.727. The van der Waals surface area contributed by atoms with Crippen LogP contribution in [0.3, 0.4) is 0 Å². The topological polar surface area (TPSA) is 75.4 Å². The quantitative estimate of drug-likeness (QED) is 0.784. The predicted molar refractivity (Wildman–Crippen MR) is 73.6 cm³/mol. The van der Waals surface area contributed by atoms with E-state index in [0.29, 0.717) is 13.0 Å². The van der Waals surface area contributed by atoms with Crippen LogP contribution in [0.2, 0.25) is 5.28 Å². The Balaban J connectivity index is 2.97. The SMILES string of the molecule is CCCCN(CCCO)S(=O)(=O)c1cn(C)c(Cl)n1. The molecule has 0 spiro atoms. The first-order valence-corrected chi connectivity index (χ1v) is 8.05. The van der Waals surface area contributed by atoms with Crippen LogP contribution in [0.25, 0.3) is 0 Å². The number of aryl methyl sites for hydroxylation is 1. The van der Waals surface area contributed by atoms with Crippen molar-refractivity contribution in [3.8, 4) is 0 Å². The molecule has 0 aliphatic heterocycles. The molecule has 8 heteroatoms. The van der Waals surface area contributed by atoms with Crippen LogP contribution < -0.4 is 0 Å². The summed E-state index contributed by atoms with van der Waals surface area (Å²) in [5.74, 6) is 0. The van der Waals surface area contributed by atoms with Gasteiger partial charge in [0.2, 0.25) is 5.28 Å². The minimum Gasteiger partial charge on any atom is -0.396 e. The molecule has 0 saturated heterocycles. The van der Waals surface area contributed by atoms with Gasteiger partial charge in [-0.3, -0.25) is 0 Å². The fourth-order valence-corrected chi connectivity index (χ4v) is 3.29. The van der Waals surface area contributed by atoms with E-state index < -0.39 is 10.0 Å². The van der Waals surface area contributed by atoms with Crippen molar-refractivity contribution in [2.24, 2.45) is 7.05 Å². The third kappa shape index (κ3) is 4.17. The number of sulfonamides is 1. The Morgan fingerprint density at radius 2 is 2.05 bits per heavy atom. The van der Waals surface area contributed by atoms with E-state index >= 15 is 0 Å². The molecule has 0 radical (unpaired) electrons. The Labute approximate surface area is 119 Å². The summed E-state index contributed by atoms with van der Waals surface area (Å²) in [6.45, 7) is 2.66. The number of hydrogen-bond donors (Lipinski definition) is 1. The zero-order chi connectivity index (χ0) is 14.5. The molecule has 0 aliphatic carbocycles. The molecule has 110 valence electrons. The van der Waals surface area contributed by atoms with Crippen LogP contribution in [-0.2, 0) is 17.1 Å². The average Bonchev–Trinajstić information content (AvgIpc) is 2.70. The van der Waals surface area contributed by atoms with E-state index in [-0.39, 0.29) is 23.5 Å². The van der Waals surface area contributed by atoms with E-state index in [1.165, 1.54) is 15.1 Å². The lowest BCUT2D eigenvalue weighted by Gasteiger charge is -2.20. The maximum atomic E-state index is 12.4. The molecule has 0 amide bonds. The van der Waals surface area contributed by atoms with Crippen molar-refractivity contribution in [1.29, 1.82) is 0 Å². The van der Waals surface area contributed by atoms with Gasteiger partial charge in [0.05, 0.1) is 0 Å². The number of hydrogen-bond acceptors (Lipinski definition) is 4. The number of imidazole rings is 1.